The van der Waals surface area contributed by atoms with E-state index in [-0.39, 0.29) is 0 Å². The normalized spacial score (nSPS) is 16.5. The molecule has 13 heavy (non-hydrogen) atoms. The molecule has 4 heteroatoms. The van der Waals surface area contributed by atoms with E-state index in [1.165, 1.54) is 12.8 Å². The van der Waals surface area contributed by atoms with Gasteiger partial charge >= 0.3 is 0 Å². The van der Waals surface area contributed by atoms with E-state index in [1.807, 2.05) is 0 Å². The summed E-state index contributed by atoms with van der Waals surface area (Å²) in [6.07, 6.45) is 6.24. The van der Waals surface area contributed by atoms with E-state index in [2.05, 4.69) is 21.9 Å². The van der Waals surface area contributed by atoms with Crippen molar-refractivity contribution in [2.24, 2.45) is 0 Å². The quantitative estimate of drug-likeness (QED) is 0.738. The molecule has 0 amide bonds. The Labute approximate surface area is 77.8 Å². The van der Waals surface area contributed by atoms with Crippen LogP contribution in [-0.4, -0.2) is 28.0 Å². The van der Waals surface area contributed by atoms with Crippen molar-refractivity contribution in [2.45, 2.75) is 25.4 Å². The SMILES string of the molecule is CN(Cc1cnc(N)nc1)C1CC1. The second-order valence-electron chi connectivity index (χ2n) is 3.60. The van der Waals surface area contributed by atoms with Crippen molar-refractivity contribution in [1.82, 2.24) is 14.9 Å². The molecule has 0 spiro atoms. The maximum Gasteiger partial charge on any atom is 0.219 e. The molecule has 1 aliphatic carbocycles. The second kappa shape index (κ2) is 3.30. The molecule has 1 heterocycles. The first-order valence-corrected chi connectivity index (χ1v) is 4.52. The molecule has 70 valence electrons. The highest BCUT2D eigenvalue weighted by atomic mass is 15.2. The first-order valence-electron chi connectivity index (χ1n) is 4.52. The van der Waals surface area contributed by atoms with Crippen LogP contribution in [0.5, 0.6) is 0 Å². The summed E-state index contributed by atoms with van der Waals surface area (Å²) in [6, 6.07) is 0.776. The molecular weight excluding hydrogens is 164 g/mol. The standard InChI is InChI=1S/C9H14N4/c1-13(8-2-3-8)6-7-4-11-9(10)12-5-7/h4-5,8H,2-3,6H2,1H3,(H2,10,11,12). The minimum absolute atomic E-state index is 0.345. The van der Waals surface area contributed by atoms with Crippen LogP contribution in [0.4, 0.5) is 5.95 Å². The minimum atomic E-state index is 0.345. The number of hydrogen-bond donors (Lipinski definition) is 1. The molecule has 0 unspecified atom stereocenters. The fraction of sp³-hybridized carbons (Fsp3) is 0.556. The Morgan fingerprint density at radius 1 is 1.46 bits per heavy atom. The van der Waals surface area contributed by atoms with Crippen LogP contribution in [0.1, 0.15) is 18.4 Å². The van der Waals surface area contributed by atoms with E-state index in [4.69, 9.17) is 5.73 Å². The molecule has 0 atom stereocenters. The van der Waals surface area contributed by atoms with Crippen LogP contribution in [0, 0.1) is 0 Å². The van der Waals surface area contributed by atoms with E-state index in [0.717, 1.165) is 18.2 Å². The second-order valence-corrected chi connectivity index (χ2v) is 3.60. The molecule has 1 aromatic heterocycles. The van der Waals surface area contributed by atoms with Gasteiger partial charge in [0.25, 0.3) is 0 Å². The van der Waals surface area contributed by atoms with E-state index in [9.17, 15) is 0 Å². The molecule has 1 aliphatic rings. The van der Waals surface area contributed by atoms with Crippen LogP contribution in [0.2, 0.25) is 0 Å². The molecule has 1 aromatic rings. The van der Waals surface area contributed by atoms with Gasteiger partial charge in [0.1, 0.15) is 0 Å². The summed E-state index contributed by atoms with van der Waals surface area (Å²) in [5.74, 6) is 0.345. The summed E-state index contributed by atoms with van der Waals surface area (Å²) < 4.78 is 0. The van der Waals surface area contributed by atoms with Crippen molar-refractivity contribution < 1.29 is 0 Å². The Hall–Kier alpha value is -1.16. The number of rotatable bonds is 3. The van der Waals surface area contributed by atoms with Crippen molar-refractivity contribution in [2.75, 3.05) is 12.8 Å². The van der Waals surface area contributed by atoms with Gasteiger partial charge in [0.2, 0.25) is 5.95 Å². The maximum atomic E-state index is 5.39. The number of nitrogens with zero attached hydrogens (tertiary/aromatic N) is 3. The van der Waals surface area contributed by atoms with Gasteiger partial charge in [0.15, 0.2) is 0 Å². The minimum Gasteiger partial charge on any atom is -0.368 e. The Balaban J connectivity index is 1.96. The molecule has 0 bridgehead atoms. The smallest absolute Gasteiger partial charge is 0.219 e. The maximum absolute atomic E-state index is 5.39. The fourth-order valence-electron chi connectivity index (χ4n) is 1.38. The average molecular weight is 178 g/mol. The van der Waals surface area contributed by atoms with Crippen LogP contribution in [0.3, 0.4) is 0 Å². The lowest BCUT2D eigenvalue weighted by atomic mass is 10.3. The van der Waals surface area contributed by atoms with Crippen LogP contribution in [0.15, 0.2) is 12.4 Å². The van der Waals surface area contributed by atoms with Gasteiger partial charge in [-0.2, -0.15) is 0 Å². The number of anilines is 1. The summed E-state index contributed by atoms with van der Waals surface area (Å²) in [5.41, 5.74) is 6.52. The Kier molecular flexibility index (Phi) is 2.14. The van der Waals surface area contributed by atoms with Gasteiger partial charge in [-0.3, -0.25) is 4.90 Å². The van der Waals surface area contributed by atoms with Crippen molar-refractivity contribution in [3.8, 4) is 0 Å². The zero-order valence-electron chi connectivity index (χ0n) is 7.77. The number of nitrogens with two attached hydrogens (primary N) is 1. The van der Waals surface area contributed by atoms with Crippen molar-refractivity contribution >= 4 is 5.95 Å². The van der Waals surface area contributed by atoms with E-state index in [1.54, 1.807) is 12.4 Å². The van der Waals surface area contributed by atoms with Gasteiger partial charge in [-0.15, -0.1) is 0 Å². The number of aromatic nitrogens is 2. The van der Waals surface area contributed by atoms with Crippen LogP contribution >= 0.6 is 0 Å². The molecule has 2 rings (SSSR count). The third kappa shape index (κ3) is 2.15. The van der Waals surface area contributed by atoms with Crippen LogP contribution in [-0.2, 0) is 6.54 Å². The molecule has 4 nitrogen and oxygen atoms in total. The van der Waals surface area contributed by atoms with Gasteiger partial charge < -0.3 is 5.73 Å². The summed E-state index contributed by atoms with van der Waals surface area (Å²) in [5, 5.41) is 0. The molecule has 1 saturated carbocycles. The Bertz CT molecular complexity index is 278. The monoisotopic (exact) mass is 178 g/mol. The number of nitrogen functional groups attached to an aromatic ring is 1. The molecular formula is C9H14N4. The first kappa shape index (κ1) is 8.44. The third-order valence-electron chi connectivity index (χ3n) is 2.33. The topological polar surface area (TPSA) is 55.0 Å². The summed E-state index contributed by atoms with van der Waals surface area (Å²) in [6.45, 7) is 0.922. The summed E-state index contributed by atoms with van der Waals surface area (Å²) in [4.78, 5) is 10.2. The van der Waals surface area contributed by atoms with Crippen molar-refractivity contribution in [3.05, 3.63) is 18.0 Å². The Morgan fingerprint density at radius 3 is 2.62 bits per heavy atom. The Morgan fingerprint density at radius 2 is 2.08 bits per heavy atom. The fourth-order valence-corrected chi connectivity index (χ4v) is 1.38. The zero-order chi connectivity index (χ0) is 9.26. The zero-order valence-corrected chi connectivity index (χ0v) is 7.77. The van der Waals surface area contributed by atoms with Gasteiger partial charge in [0, 0.05) is 30.5 Å². The summed E-state index contributed by atoms with van der Waals surface area (Å²) >= 11 is 0. The van der Waals surface area contributed by atoms with Gasteiger partial charge in [-0.05, 0) is 19.9 Å². The molecule has 0 aliphatic heterocycles. The van der Waals surface area contributed by atoms with E-state index < -0.39 is 0 Å². The first-order chi connectivity index (χ1) is 6.25. The molecule has 0 aromatic carbocycles. The van der Waals surface area contributed by atoms with E-state index in [0.29, 0.717) is 5.95 Å². The van der Waals surface area contributed by atoms with Gasteiger partial charge in [0.05, 0.1) is 0 Å². The molecule has 2 N–H and O–H groups in total. The highest BCUT2D eigenvalue weighted by Gasteiger charge is 2.25. The average Bonchev–Trinajstić information content (AvgIpc) is 2.91. The lowest BCUT2D eigenvalue weighted by Gasteiger charge is -2.14. The van der Waals surface area contributed by atoms with Crippen LogP contribution < -0.4 is 5.73 Å². The number of hydrogen-bond acceptors (Lipinski definition) is 4. The lowest BCUT2D eigenvalue weighted by molar-refractivity contribution is 0.315. The summed E-state index contributed by atoms with van der Waals surface area (Å²) in [7, 11) is 2.13. The largest absolute Gasteiger partial charge is 0.368 e. The third-order valence-corrected chi connectivity index (χ3v) is 2.33. The van der Waals surface area contributed by atoms with Crippen molar-refractivity contribution in [1.29, 1.82) is 0 Å². The highest BCUT2D eigenvalue weighted by molar-refractivity contribution is 5.17. The predicted molar refractivity (Wildman–Crippen MR) is 50.9 cm³/mol. The highest BCUT2D eigenvalue weighted by Crippen LogP contribution is 2.26. The van der Waals surface area contributed by atoms with Crippen LogP contribution in [0.25, 0.3) is 0 Å². The molecule has 1 fully saturated rings. The van der Waals surface area contributed by atoms with Gasteiger partial charge in [-0.1, -0.05) is 0 Å². The molecule has 0 saturated heterocycles. The predicted octanol–water partition coefficient (Wildman–Crippen LogP) is 0.653. The van der Waals surface area contributed by atoms with Crippen molar-refractivity contribution in [3.63, 3.8) is 0 Å². The van der Waals surface area contributed by atoms with Gasteiger partial charge in [-0.25, -0.2) is 9.97 Å². The lowest BCUT2D eigenvalue weighted by Crippen LogP contribution is -2.20. The molecule has 0 radical (unpaired) electrons. The van der Waals surface area contributed by atoms with E-state index >= 15 is 0 Å².